The van der Waals surface area contributed by atoms with Crippen LogP contribution in [0.4, 0.5) is 0 Å². The minimum absolute atomic E-state index is 0.346. The Morgan fingerprint density at radius 3 is 3.27 bits per heavy atom. The molecule has 0 aliphatic carbocycles. The molecule has 0 unspecified atom stereocenters. The van der Waals surface area contributed by atoms with Crippen molar-refractivity contribution in [2.24, 2.45) is 4.99 Å². The molecule has 0 aromatic carbocycles. The summed E-state index contributed by atoms with van der Waals surface area (Å²) in [5.74, 6) is 0. The van der Waals surface area contributed by atoms with E-state index in [2.05, 4.69) is 9.98 Å². The van der Waals surface area contributed by atoms with Crippen molar-refractivity contribution in [3.8, 4) is 0 Å². The molecular formula is C9H10N2. The molecule has 1 aromatic heterocycles. The van der Waals surface area contributed by atoms with E-state index in [1.807, 2.05) is 12.1 Å². The minimum atomic E-state index is 0.346. The molecule has 2 heteroatoms. The van der Waals surface area contributed by atoms with E-state index in [-0.39, 0.29) is 0 Å². The molecule has 2 rings (SSSR count). The number of hydrogen-bond acceptors (Lipinski definition) is 2. The van der Waals surface area contributed by atoms with Gasteiger partial charge in [-0.05, 0) is 18.9 Å². The highest BCUT2D eigenvalue weighted by Gasteiger charge is 2.07. The van der Waals surface area contributed by atoms with Gasteiger partial charge in [0, 0.05) is 30.2 Å². The molecule has 0 amide bonds. The maximum atomic E-state index is 7.54. The quantitative estimate of drug-likeness (QED) is 0.593. The van der Waals surface area contributed by atoms with Crippen molar-refractivity contribution in [3.05, 3.63) is 30.1 Å². The Labute approximate surface area is 67.4 Å². The molecule has 0 atom stereocenters. The summed E-state index contributed by atoms with van der Waals surface area (Å²) < 4.78 is 7.54. The molecule has 56 valence electrons. The first kappa shape index (κ1) is 5.47. The van der Waals surface area contributed by atoms with Crippen molar-refractivity contribution in [2.45, 2.75) is 12.8 Å². The van der Waals surface area contributed by atoms with Crippen LogP contribution >= 0.6 is 0 Å². The molecule has 0 spiro atoms. The maximum absolute atomic E-state index is 7.54. The molecule has 11 heavy (non-hydrogen) atoms. The van der Waals surface area contributed by atoms with Crippen molar-refractivity contribution in [1.29, 1.82) is 0 Å². The van der Waals surface area contributed by atoms with Gasteiger partial charge in [-0.15, -0.1) is 0 Å². The lowest BCUT2D eigenvalue weighted by atomic mass is 10.1. The monoisotopic (exact) mass is 147 g/mol. The number of aromatic nitrogens is 1. The molecule has 1 aromatic rings. The fourth-order valence-corrected chi connectivity index (χ4v) is 1.25. The van der Waals surface area contributed by atoms with Crippen LogP contribution in [0.15, 0.2) is 29.5 Å². The lowest BCUT2D eigenvalue weighted by Crippen LogP contribution is -1.95. The van der Waals surface area contributed by atoms with E-state index >= 15 is 0 Å². The average Bonchev–Trinajstić information content (AvgIpc) is 2.57. The molecular weight excluding hydrogens is 136 g/mol. The third-order valence-corrected chi connectivity index (χ3v) is 1.79. The third-order valence-electron chi connectivity index (χ3n) is 1.79. The van der Waals surface area contributed by atoms with Crippen molar-refractivity contribution >= 4 is 5.71 Å². The van der Waals surface area contributed by atoms with Gasteiger partial charge in [0.1, 0.15) is 0 Å². The lowest BCUT2D eigenvalue weighted by Gasteiger charge is -1.96. The van der Waals surface area contributed by atoms with Crippen LogP contribution in [0.5, 0.6) is 0 Å². The molecule has 1 aliphatic heterocycles. The van der Waals surface area contributed by atoms with Gasteiger partial charge in [-0.2, -0.15) is 0 Å². The molecule has 0 N–H and O–H groups in total. The Kier molecular flexibility index (Phi) is 1.40. The normalized spacial score (nSPS) is 17.8. The second-order valence-electron chi connectivity index (χ2n) is 2.59. The highest BCUT2D eigenvalue weighted by atomic mass is 14.8. The van der Waals surface area contributed by atoms with Crippen LogP contribution in [0.2, 0.25) is 0 Å². The van der Waals surface area contributed by atoms with E-state index in [0.29, 0.717) is 6.17 Å². The Hall–Kier alpha value is -1.18. The molecule has 2 heterocycles. The standard InChI is InChI=1S/C9H10N2/c1-3-8(7-10-5-1)9-4-2-6-11-9/h1,3,5,7H,2,4,6H2/i7D. The fraction of sp³-hybridized carbons (Fsp3) is 0.333. The van der Waals surface area contributed by atoms with E-state index in [1.54, 1.807) is 6.20 Å². The van der Waals surface area contributed by atoms with Crippen LogP contribution in [-0.2, 0) is 0 Å². The first-order valence-electron chi connectivity index (χ1n) is 4.33. The molecule has 1 aliphatic rings. The van der Waals surface area contributed by atoms with Crippen molar-refractivity contribution < 1.29 is 1.37 Å². The van der Waals surface area contributed by atoms with Gasteiger partial charge >= 0.3 is 0 Å². The second-order valence-corrected chi connectivity index (χ2v) is 2.59. The highest BCUT2D eigenvalue weighted by molar-refractivity contribution is 6.01. The van der Waals surface area contributed by atoms with Crippen LogP contribution in [0.3, 0.4) is 0 Å². The van der Waals surface area contributed by atoms with Gasteiger partial charge in [-0.25, -0.2) is 0 Å². The predicted molar refractivity (Wildman–Crippen MR) is 44.9 cm³/mol. The molecule has 0 saturated carbocycles. The van der Waals surface area contributed by atoms with Gasteiger partial charge < -0.3 is 0 Å². The van der Waals surface area contributed by atoms with Crippen molar-refractivity contribution in [1.82, 2.24) is 4.98 Å². The summed E-state index contributed by atoms with van der Waals surface area (Å²) in [5, 5.41) is 0. The minimum Gasteiger partial charge on any atom is -0.289 e. The topological polar surface area (TPSA) is 25.2 Å². The summed E-state index contributed by atoms with van der Waals surface area (Å²) in [4.78, 5) is 8.23. The summed E-state index contributed by atoms with van der Waals surface area (Å²) in [6.45, 7) is 0.906. The highest BCUT2D eigenvalue weighted by Crippen LogP contribution is 2.10. The zero-order valence-corrected chi connectivity index (χ0v) is 6.25. The number of rotatable bonds is 1. The van der Waals surface area contributed by atoms with Crippen molar-refractivity contribution in [2.75, 3.05) is 6.54 Å². The second kappa shape index (κ2) is 2.82. The fourth-order valence-electron chi connectivity index (χ4n) is 1.25. The number of pyridine rings is 1. The maximum Gasteiger partial charge on any atom is 0.0847 e. The Morgan fingerprint density at radius 2 is 2.55 bits per heavy atom. The first-order chi connectivity index (χ1) is 5.88. The van der Waals surface area contributed by atoms with E-state index < -0.39 is 0 Å². The van der Waals surface area contributed by atoms with Crippen LogP contribution in [0, 0.1) is 0 Å². The van der Waals surface area contributed by atoms with Gasteiger partial charge in [0.2, 0.25) is 0 Å². The molecule has 0 bridgehead atoms. The van der Waals surface area contributed by atoms with E-state index in [0.717, 1.165) is 30.7 Å². The Morgan fingerprint density at radius 1 is 1.55 bits per heavy atom. The van der Waals surface area contributed by atoms with Gasteiger partial charge in [0.25, 0.3) is 0 Å². The van der Waals surface area contributed by atoms with Crippen LogP contribution in [0.1, 0.15) is 19.8 Å². The molecule has 2 nitrogen and oxygen atoms in total. The van der Waals surface area contributed by atoms with Gasteiger partial charge in [-0.3, -0.25) is 9.98 Å². The summed E-state index contributed by atoms with van der Waals surface area (Å²) in [5.41, 5.74) is 1.95. The van der Waals surface area contributed by atoms with Crippen molar-refractivity contribution in [3.63, 3.8) is 0 Å². The Balaban J connectivity index is 2.39. The zero-order valence-electron chi connectivity index (χ0n) is 7.25. The number of nitrogens with zero attached hydrogens (tertiary/aromatic N) is 2. The zero-order chi connectivity index (χ0) is 8.39. The average molecular weight is 147 g/mol. The summed E-state index contributed by atoms with van der Waals surface area (Å²) in [7, 11) is 0. The first-order valence-corrected chi connectivity index (χ1v) is 3.83. The molecule has 0 saturated heterocycles. The largest absolute Gasteiger partial charge is 0.289 e. The number of aliphatic imine (C=N–C) groups is 1. The van der Waals surface area contributed by atoms with Crippen LogP contribution < -0.4 is 0 Å². The lowest BCUT2D eigenvalue weighted by molar-refractivity contribution is 0.951. The third kappa shape index (κ3) is 1.29. The molecule has 0 fully saturated rings. The van der Waals surface area contributed by atoms with E-state index in [9.17, 15) is 0 Å². The summed E-state index contributed by atoms with van der Waals surface area (Å²) in [6, 6.07) is 3.77. The van der Waals surface area contributed by atoms with E-state index in [1.165, 1.54) is 0 Å². The van der Waals surface area contributed by atoms with Gasteiger partial charge in [-0.1, -0.05) is 6.07 Å². The molecule has 0 radical (unpaired) electrons. The van der Waals surface area contributed by atoms with Crippen LogP contribution in [-0.4, -0.2) is 17.2 Å². The summed E-state index contributed by atoms with van der Waals surface area (Å²) >= 11 is 0. The van der Waals surface area contributed by atoms with Gasteiger partial charge in [0.15, 0.2) is 0 Å². The Bertz CT molecular complexity index is 320. The predicted octanol–water partition coefficient (Wildman–Crippen LogP) is 1.66. The van der Waals surface area contributed by atoms with E-state index in [4.69, 9.17) is 1.37 Å². The summed E-state index contributed by atoms with van der Waals surface area (Å²) in [6.07, 6.45) is 4.10. The van der Waals surface area contributed by atoms with Gasteiger partial charge in [0.05, 0.1) is 1.37 Å². The number of hydrogen-bond donors (Lipinski definition) is 0. The smallest absolute Gasteiger partial charge is 0.0847 e. The SMILES string of the molecule is [2H]c1ncccc1C1=NCCC1. The van der Waals surface area contributed by atoms with Crippen LogP contribution in [0.25, 0.3) is 0 Å².